The molecule has 1 heterocycles. The van der Waals surface area contributed by atoms with E-state index in [-0.39, 0.29) is 5.41 Å². The Hall–Kier alpha value is -2.74. The van der Waals surface area contributed by atoms with E-state index < -0.39 is 0 Å². The van der Waals surface area contributed by atoms with E-state index in [0.29, 0.717) is 0 Å². The van der Waals surface area contributed by atoms with Crippen LogP contribution in [0.2, 0.25) is 0 Å². The van der Waals surface area contributed by atoms with Gasteiger partial charge in [-0.1, -0.05) is 75.4 Å². The zero-order chi connectivity index (χ0) is 16.7. The molecule has 0 saturated heterocycles. The minimum absolute atomic E-state index is 0.110. The van der Waals surface area contributed by atoms with Gasteiger partial charge in [-0.05, 0) is 27.8 Å². The molecule has 0 atom stereocenters. The van der Waals surface area contributed by atoms with Gasteiger partial charge in [0.05, 0.1) is 11.2 Å². The van der Waals surface area contributed by atoms with Crippen molar-refractivity contribution >= 4 is 21.7 Å². The molecule has 0 fully saturated rings. The Morgan fingerprint density at radius 1 is 0.750 bits per heavy atom. The molecule has 24 heavy (non-hydrogen) atoms. The Labute approximate surface area is 142 Å². The van der Waals surface area contributed by atoms with Gasteiger partial charge in [-0.3, -0.25) is 0 Å². The van der Waals surface area contributed by atoms with E-state index in [1.165, 1.54) is 16.3 Å². The normalized spacial score (nSPS) is 12.0. The van der Waals surface area contributed by atoms with Gasteiger partial charge < -0.3 is 0 Å². The number of aromatic nitrogens is 2. The first kappa shape index (κ1) is 14.8. The largest absolute Gasteiger partial charge is 0.236 e. The second-order valence-corrected chi connectivity index (χ2v) is 7.23. The summed E-state index contributed by atoms with van der Waals surface area (Å²) in [6, 6.07) is 21.4. The summed E-state index contributed by atoms with van der Waals surface area (Å²) in [4.78, 5) is 9.12. The Balaban J connectivity index is 2.00. The van der Waals surface area contributed by atoms with E-state index in [9.17, 15) is 0 Å². The summed E-state index contributed by atoms with van der Waals surface area (Å²) in [6.45, 7) is 6.67. The third kappa shape index (κ3) is 2.44. The van der Waals surface area contributed by atoms with Crippen molar-refractivity contribution in [3.63, 3.8) is 0 Å². The van der Waals surface area contributed by atoms with Crippen molar-refractivity contribution in [1.29, 1.82) is 0 Å². The van der Waals surface area contributed by atoms with Gasteiger partial charge in [-0.2, -0.15) is 0 Å². The van der Waals surface area contributed by atoms with Crippen LogP contribution in [0.1, 0.15) is 26.3 Å². The van der Waals surface area contributed by atoms with Crippen LogP contribution in [-0.4, -0.2) is 9.97 Å². The molecule has 0 bridgehead atoms. The van der Waals surface area contributed by atoms with Crippen LogP contribution in [0.4, 0.5) is 0 Å². The SMILES string of the molecule is CC(C)(C)c1ccc2c(-c3cccc4ccccc34)ncnc2c1. The topological polar surface area (TPSA) is 25.8 Å². The van der Waals surface area contributed by atoms with Crippen LogP contribution in [0.3, 0.4) is 0 Å². The van der Waals surface area contributed by atoms with Crippen LogP contribution in [0.15, 0.2) is 67.0 Å². The monoisotopic (exact) mass is 312 g/mol. The molecule has 0 aliphatic carbocycles. The lowest BCUT2D eigenvalue weighted by atomic mass is 9.86. The predicted molar refractivity (Wildman–Crippen MR) is 101 cm³/mol. The molecule has 0 aliphatic rings. The minimum atomic E-state index is 0.110. The van der Waals surface area contributed by atoms with Crippen molar-refractivity contribution in [1.82, 2.24) is 9.97 Å². The summed E-state index contributed by atoms with van der Waals surface area (Å²) in [5.74, 6) is 0. The maximum Gasteiger partial charge on any atom is 0.116 e. The molecule has 0 N–H and O–H groups in total. The minimum Gasteiger partial charge on any atom is -0.236 e. The predicted octanol–water partition coefficient (Wildman–Crippen LogP) is 5.75. The van der Waals surface area contributed by atoms with Crippen LogP contribution in [0, 0.1) is 0 Å². The smallest absolute Gasteiger partial charge is 0.116 e. The van der Waals surface area contributed by atoms with Gasteiger partial charge in [0.1, 0.15) is 6.33 Å². The number of benzene rings is 3. The number of rotatable bonds is 1. The fraction of sp³-hybridized carbons (Fsp3) is 0.182. The molecule has 1 aromatic heterocycles. The number of hydrogen-bond donors (Lipinski definition) is 0. The zero-order valence-corrected chi connectivity index (χ0v) is 14.2. The van der Waals surface area contributed by atoms with Gasteiger partial charge in [0.2, 0.25) is 0 Å². The van der Waals surface area contributed by atoms with Crippen LogP contribution in [0.25, 0.3) is 32.9 Å². The van der Waals surface area contributed by atoms with Crippen molar-refractivity contribution in [2.24, 2.45) is 0 Å². The maximum absolute atomic E-state index is 4.61. The first-order valence-electron chi connectivity index (χ1n) is 8.27. The summed E-state index contributed by atoms with van der Waals surface area (Å²) < 4.78 is 0. The molecule has 0 aliphatic heterocycles. The molecule has 0 saturated carbocycles. The standard InChI is InChI=1S/C22H20N2/c1-22(2,3)16-11-12-19-20(13-16)23-14-24-21(19)18-10-6-8-15-7-4-5-9-17(15)18/h4-14H,1-3H3. The second kappa shape index (κ2) is 5.41. The van der Waals surface area contributed by atoms with Crippen LogP contribution in [-0.2, 0) is 5.41 Å². The Morgan fingerprint density at radius 2 is 1.54 bits per heavy atom. The quantitative estimate of drug-likeness (QED) is 0.447. The second-order valence-electron chi connectivity index (χ2n) is 7.23. The van der Waals surface area contributed by atoms with E-state index in [0.717, 1.165) is 22.2 Å². The van der Waals surface area contributed by atoms with Crippen molar-refractivity contribution in [3.8, 4) is 11.3 Å². The van der Waals surface area contributed by atoms with Crippen LogP contribution >= 0.6 is 0 Å². The van der Waals surface area contributed by atoms with Gasteiger partial charge in [0, 0.05) is 10.9 Å². The van der Waals surface area contributed by atoms with E-state index in [1.807, 2.05) is 0 Å². The van der Waals surface area contributed by atoms with E-state index >= 15 is 0 Å². The first-order valence-corrected chi connectivity index (χ1v) is 8.27. The summed E-state index contributed by atoms with van der Waals surface area (Å²) in [5.41, 5.74) is 4.55. The highest BCUT2D eigenvalue weighted by atomic mass is 14.8. The third-order valence-electron chi connectivity index (χ3n) is 4.55. The molecular formula is C22H20N2. The summed E-state index contributed by atoms with van der Waals surface area (Å²) in [7, 11) is 0. The highest BCUT2D eigenvalue weighted by Gasteiger charge is 2.16. The van der Waals surface area contributed by atoms with Gasteiger partial charge in [0.15, 0.2) is 0 Å². The Morgan fingerprint density at radius 3 is 2.38 bits per heavy atom. The Bertz CT molecular complexity index is 1040. The molecule has 4 aromatic rings. The number of hydrogen-bond acceptors (Lipinski definition) is 2. The number of fused-ring (bicyclic) bond motifs is 2. The average Bonchev–Trinajstić information content (AvgIpc) is 2.59. The van der Waals surface area contributed by atoms with Crippen molar-refractivity contribution in [2.75, 3.05) is 0 Å². The van der Waals surface area contributed by atoms with Gasteiger partial charge in [-0.25, -0.2) is 9.97 Å². The zero-order valence-electron chi connectivity index (χ0n) is 14.2. The van der Waals surface area contributed by atoms with Gasteiger partial charge in [-0.15, -0.1) is 0 Å². The lowest BCUT2D eigenvalue weighted by Crippen LogP contribution is -2.10. The molecule has 0 radical (unpaired) electrons. The lowest BCUT2D eigenvalue weighted by molar-refractivity contribution is 0.591. The molecular weight excluding hydrogens is 292 g/mol. The molecule has 2 heteroatoms. The number of nitrogens with zero attached hydrogens (tertiary/aromatic N) is 2. The molecule has 0 unspecified atom stereocenters. The maximum atomic E-state index is 4.61. The molecule has 118 valence electrons. The van der Waals surface area contributed by atoms with Crippen LogP contribution in [0.5, 0.6) is 0 Å². The summed E-state index contributed by atoms with van der Waals surface area (Å²) >= 11 is 0. The fourth-order valence-corrected chi connectivity index (χ4v) is 3.17. The molecule has 3 aromatic carbocycles. The molecule has 2 nitrogen and oxygen atoms in total. The highest BCUT2D eigenvalue weighted by molar-refractivity contribution is 6.02. The lowest BCUT2D eigenvalue weighted by Gasteiger charge is -2.19. The molecule has 0 spiro atoms. The van der Waals surface area contributed by atoms with Gasteiger partial charge >= 0.3 is 0 Å². The molecule has 4 rings (SSSR count). The van der Waals surface area contributed by atoms with Crippen LogP contribution < -0.4 is 0 Å². The van der Waals surface area contributed by atoms with Gasteiger partial charge in [0.25, 0.3) is 0 Å². The van der Waals surface area contributed by atoms with Crippen molar-refractivity contribution in [2.45, 2.75) is 26.2 Å². The Kier molecular flexibility index (Phi) is 3.34. The summed E-state index contributed by atoms with van der Waals surface area (Å²) in [5, 5.41) is 3.55. The van der Waals surface area contributed by atoms with Crippen molar-refractivity contribution < 1.29 is 0 Å². The molecule has 0 amide bonds. The fourth-order valence-electron chi connectivity index (χ4n) is 3.17. The van der Waals surface area contributed by atoms with E-state index in [1.54, 1.807) is 6.33 Å². The van der Waals surface area contributed by atoms with E-state index in [4.69, 9.17) is 0 Å². The third-order valence-corrected chi connectivity index (χ3v) is 4.55. The average molecular weight is 312 g/mol. The first-order chi connectivity index (χ1) is 11.5. The summed E-state index contributed by atoms with van der Waals surface area (Å²) in [6.07, 6.45) is 1.67. The van der Waals surface area contributed by atoms with Crippen molar-refractivity contribution in [3.05, 3.63) is 72.6 Å². The highest BCUT2D eigenvalue weighted by Crippen LogP contribution is 2.33. The van der Waals surface area contributed by atoms with E-state index in [2.05, 4.69) is 91.4 Å².